The van der Waals surface area contributed by atoms with Gasteiger partial charge in [-0.2, -0.15) is 0 Å². The van der Waals surface area contributed by atoms with Gasteiger partial charge in [-0.3, -0.25) is 9.59 Å². The van der Waals surface area contributed by atoms with Crippen molar-refractivity contribution in [1.82, 2.24) is 15.5 Å². The second kappa shape index (κ2) is 8.34. The van der Waals surface area contributed by atoms with Crippen molar-refractivity contribution in [2.75, 3.05) is 44.7 Å². The highest BCUT2D eigenvalue weighted by Crippen LogP contribution is 2.18. The van der Waals surface area contributed by atoms with E-state index in [9.17, 15) is 9.59 Å². The highest BCUT2D eigenvalue weighted by atomic mass is 16.2. The van der Waals surface area contributed by atoms with Crippen LogP contribution in [0.15, 0.2) is 24.3 Å². The first-order valence-electron chi connectivity index (χ1n) is 9.23. The molecular formula is C19H28N4O2. The molecule has 2 fully saturated rings. The number of carbonyl (C=O) groups excluding carboxylic acids is 2. The molecule has 1 saturated heterocycles. The van der Waals surface area contributed by atoms with Crippen LogP contribution >= 0.6 is 0 Å². The van der Waals surface area contributed by atoms with Crippen LogP contribution in [0.3, 0.4) is 0 Å². The molecule has 6 nitrogen and oxygen atoms in total. The van der Waals surface area contributed by atoms with Crippen molar-refractivity contribution < 1.29 is 9.59 Å². The van der Waals surface area contributed by atoms with Crippen molar-refractivity contribution in [2.24, 2.45) is 0 Å². The molecule has 1 aliphatic carbocycles. The van der Waals surface area contributed by atoms with E-state index in [0.29, 0.717) is 6.54 Å². The average Bonchev–Trinajstić information content (AvgIpc) is 3.44. The summed E-state index contributed by atoms with van der Waals surface area (Å²) in [6, 6.07) is 8.91. The van der Waals surface area contributed by atoms with Crippen LogP contribution in [0, 0.1) is 0 Å². The SMILES string of the molecule is CN1CCN(c2ccc(CCCNC(=O)C(=O)NC3CC3)cc2)CC1. The van der Waals surface area contributed by atoms with Gasteiger partial charge in [-0.05, 0) is 50.4 Å². The zero-order chi connectivity index (χ0) is 17.6. The van der Waals surface area contributed by atoms with Gasteiger partial charge in [0.15, 0.2) is 0 Å². The van der Waals surface area contributed by atoms with Crippen molar-refractivity contribution in [3.63, 3.8) is 0 Å². The first-order valence-corrected chi connectivity index (χ1v) is 9.23. The first kappa shape index (κ1) is 17.7. The third kappa shape index (κ3) is 5.46. The minimum atomic E-state index is -0.516. The van der Waals surface area contributed by atoms with Gasteiger partial charge >= 0.3 is 11.8 Å². The van der Waals surface area contributed by atoms with Crippen LogP contribution in [0.25, 0.3) is 0 Å². The van der Waals surface area contributed by atoms with Crippen LogP contribution in [-0.4, -0.2) is 62.5 Å². The van der Waals surface area contributed by atoms with Crippen molar-refractivity contribution in [2.45, 2.75) is 31.7 Å². The predicted molar refractivity (Wildman–Crippen MR) is 98.6 cm³/mol. The number of carbonyl (C=O) groups is 2. The number of nitrogens with one attached hydrogen (secondary N) is 2. The molecule has 2 aliphatic rings. The Bertz CT molecular complexity index is 590. The Morgan fingerprint density at radius 2 is 1.72 bits per heavy atom. The van der Waals surface area contributed by atoms with E-state index < -0.39 is 11.8 Å². The van der Waals surface area contributed by atoms with Gasteiger partial charge in [-0.25, -0.2) is 0 Å². The number of piperazine rings is 1. The summed E-state index contributed by atoms with van der Waals surface area (Å²) in [6.45, 7) is 4.89. The monoisotopic (exact) mass is 344 g/mol. The summed E-state index contributed by atoms with van der Waals surface area (Å²) in [4.78, 5) is 27.9. The maximum Gasteiger partial charge on any atom is 0.309 e. The van der Waals surface area contributed by atoms with Crippen molar-refractivity contribution in [3.8, 4) is 0 Å². The number of rotatable bonds is 6. The average molecular weight is 344 g/mol. The van der Waals surface area contributed by atoms with E-state index in [-0.39, 0.29) is 6.04 Å². The van der Waals surface area contributed by atoms with Crippen molar-refractivity contribution in [3.05, 3.63) is 29.8 Å². The molecule has 0 aromatic heterocycles. The quantitative estimate of drug-likeness (QED) is 0.591. The van der Waals surface area contributed by atoms with Crippen LogP contribution in [0.5, 0.6) is 0 Å². The minimum Gasteiger partial charge on any atom is -0.369 e. The molecule has 136 valence electrons. The normalized spacial score (nSPS) is 18.0. The van der Waals surface area contributed by atoms with Gasteiger partial charge in [0.05, 0.1) is 0 Å². The largest absolute Gasteiger partial charge is 0.369 e. The molecule has 1 aromatic rings. The molecule has 1 aromatic carbocycles. The van der Waals surface area contributed by atoms with Crippen LogP contribution < -0.4 is 15.5 Å². The van der Waals surface area contributed by atoms with Crippen LogP contribution in [-0.2, 0) is 16.0 Å². The first-order chi connectivity index (χ1) is 12.1. The van der Waals surface area contributed by atoms with Crippen LogP contribution in [0.4, 0.5) is 5.69 Å². The van der Waals surface area contributed by atoms with E-state index >= 15 is 0 Å². The highest BCUT2D eigenvalue weighted by Gasteiger charge is 2.26. The number of anilines is 1. The van der Waals surface area contributed by atoms with Crippen LogP contribution in [0.1, 0.15) is 24.8 Å². The van der Waals surface area contributed by atoms with E-state index in [4.69, 9.17) is 0 Å². The van der Waals surface area contributed by atoms with Crippen molar-refractivity contribution in [1.29, 1.82) is 0 Å². The van der Waals surface area contributed by atoms with Crippen molar-refractivity contribution >= 4 is 17.5 Å². The third-order valence-electron chi connectivity index (χ3n) is 4.85. The van der Waals surface area contributed by atoms with Crippen LogP contribution in [0.2, 0.25) is 0 Å². The van der Waals surface area contributed by atoms with Gasteiger partial charge in [0.1, 0.15) is 0 Å². The third-order valence-corrected chi connectivity index (χ3v) is 4.85. The Balaban J connectivity index is 1.35. The smallest absolute Gasteiger partial charge is 0.309 e. The lowest BCUT2D eigenvalue weighted by atomic mass is 10.1. The molecule has 1 saturated carbocycles. The zero-order valence-electron chi connectivity index (χ0n) is 15.0. The second-order valence-electron chi connectivity index (χ2n) is 7.06. The topological polar surface area (TPSA) is 64.7 Å². The Hall–Kier alpha value is -2.08. The fraction of sp³-hybridized carbons (Fsp3) is 0.579. The number of likely N-dealkylation sites (N-methyl/N-ethyl adjacent to an activating group) is 1. The fourth-order valence-electron chi connectivity index (χ4n) is 2.99. The van der Waals surface area contributed by atoms with Gasteiger partial charge in [0.25, 0.3) is 0 Å². The van der Waals surface area contributed by atoms with E-state index in [1.807, 2.05) is 0 Å². The predicted octanol–water partition coefficient (Wildman–Crippen LogP) is 0.766. The van der Waals surface area contributed by atoms with E-state index in [2.05, 4.69) is 51.7 Å². The number of benzene rings is 1. The maximum atomic E-state index is 11.6. The Labute approximate surface area is 149 Å². The molecule has 1 heterocycles. The lowest BCUT2D eigenvalue weighted by molar-refractivity contribution is -0.139. The summed E-state index contributed by atoms with van der Waals surface area (Å²) in [5.41, 5.74) is 2.54. The summed E-state index contributed by atoms with van der Waals surface area (Å²) in [7, 11) is 2.16. The second-order valence-corrected chi connectivity index (χ2v) is 7.06. The molecule has 2 amide bonds. The maximum absolute atomic E-state index is 11.6. The number of hydrogen-bond donors (Lipinski definition) is 2. The molecule has 6 heteroatoms. The molecule has 3 rings (SSSR count). The zero-order valence-corrected chi connectivity index (χ0v) is 15.0. The summed E-state index contributed by atoms with van der Waals surface area (Å²) in [5, 5.41) is 5.38. The molecule has 0 atom stereocenters. The number of aryl methyl sites for hydroxylation is 1. The van der Waals surface area contributed by atoms with Gasteiger partial charge in [0.2, 0.25) is 0 Å². The Morgan fingerprint density at radius 3 is 2.36 bits per heavy atom. The molecular weight excluding hydrogens is 316 g/mol. The number of amides is 2. The van der Waals surface area contributed by atoms with Gasteiger partial charge in [0, 0.05) is 44.5 Å². The summed E-state index contributed by atoms with van der Waals surface area (Å²) in [5.74, 6) is -1.02. The molecule has 0 bridgehead atoms. The van der Waals surface area contributed by atoms with Gasteiger partial charge < -0.3 is 20.4 Å². The van der Waals surface area contributed by atoms with Gasteiger partial charge in [-0.15, -0.1) is 0 Å². The van der Waals surface area contributed by atoms with E-state index in [1.54, 1.807) is 0 Å². The molecule has 2 N–H and O–H groups in total. The van der Waals surface area contributed by atoms with E-state index in [0.717, 1.165) is 51.9 Å². The Morgan fingerprint density at radius 1 is 1.04 bits per heavy atom. The number of nitrogens with zero attached hydrogens (tertiary/aromatic N) is 2. The summed E-state index contributed by atoms with van der Waals surface area (Å²) >= 11 is 0. The summed E-state index contributed by atoms with van der Waals surface area (Å²) in [6.07, 6.45) is 3.70. The molecule has 0 unspecified atom stereocenters. The lowest BCUT2D eigenvalue weighted by Gasteiger charge is -2.34. The molecule has 1 aliphatic heterocycles. The minimum absolute atomic E-state index is 0.220. The molecule has 0 spiro atoms. The molecule has 25 heavy (non-hydrogen) atoms. The fourth-order valence-corrected chi connectivity index (χ4v) is 2.99. The standard InChI is InChI=1S/C19H28N4O2/c1-22-11-13-23(14-12-22)17-8-4-15(5-9-17)3-2-10-20-18(24)19(25)21-16-6-7-16/h4-5,8-9,16H,2-3,6-7,10-14H2,1H3,(H,20,24)(H,21,25). The summed E-state index contributed by atoms with van der Waals surface area (Å²) < 4.78 is 0. The lowest BCUT2D eigenvalue weighted by Crippen LogP contribution is -2.44. The van der Waals surface area contributed by atoms with E-state index in [1.165, 1.54) is 11.3 Å². The molecule has 0 radical (unpaired) electrons. The number of hydrogen-bond acceptors (Lipinski definition) is 4. The Kier molecular flexibility index (Phi) is 5.91. The highest BCUT2D eigenvalue weighted by molar-refractivity contribution is 6.35. The van der Waals surface area contributed by atoms with Gasteiger partial charge in [-0.1, -0.05) is 12.1 Å².